The number of nitrogen functional groups attached to an aromatic ring is 1. The maximum absolute atomic E-state index is 12.4. The van der Waals surface area contributed by atoms with Crippen LogP contribution in [-0.2, 0) is 5.54 Å². The van der Waals surface area contributed by atoms with Crippen molar-refractivity contribution in [1.82, 2.24) is 5.32 Å². The molecule has 0 unspecified atom stereocenters. The van der Waals surface area contributed by atoms with E-state index in [1.54, 1.807) is 18.2 Å². The largest absolute Gasteiger partial charge is 0.399 e. The van der Waals surface area contributed by atoms with Gasteiger partial charge in [0.1, 0.15) is 0 Å². The third-order valence-corrected chi connectivity index (χ3v) is 3.92. The molecule has 110 valence electrons. The van der Waals surface area contributed by atoms with Gasteiger partial charge in [-0.05, 0) is 49.7 Å². The molecular formula is C16H16BrClN2O. The lowest BCUT2D eigenvalue weighted by Gasteiger charge is -2.27. The quantitative estimate of drug-likeness (QED) is 0.792. The van der Waals surface area contributed by atoms with E-state index in [4.69, 9.17) is 17.3 Å². The third kappa shape index (κ3) is 3.99. The highest BCUT2D eigenvalue weighted by Gasteiger charge is 2.23. The summed E-state index contributed by atoms with van der Waals surface area (Å²) in [6.07, 6.45) is 0. The van der Waals surface area contributed by atoms with Gasteiger partial charge in [0, 0.05) is 20.7 Å². The van der Waals surface area contributed by atoms with Gasteiger partial charge in [0.25, 0.3) is 5.91 Å². The summed E-state index contributed by atoms with van der Waals surface area (Å²) >= 11 is 9.33. The lowest BCUT2D eigenvalue weighted by atomic mass is 9.94. The Labute approximate surface area is 137 Å². The first-order valence-corrected chi connectivity index (χ1v) is 7.60. The van der Waals surface area contributed by atoms with Crippen LogP contribution in [0.2, 0.25) is 5.02 Å². The zero-order valence-corrected chi connectivity index (χ0v) is 14.1. The van der Waals surface area contributed by atoms with Crippen molar-refractivity contribution in [2.45, 2.75) is 19.4 Å². The van der Waals surface area contributed by atoms with E-state index >= 15 is 0 Å². The van der Waals surface area contributed by atoms with Crippen molar-refractivity contribution in [2.75, 3.05) is 5.73 Å². The predicted octanol–water partition coefficient (Wildman–Crippen LogP) is 4.35. The molecule has 21 heavy (non-hydrogen) atoms. The highest BCUT2D eigenvalue weighted by molar-refractivity contribution is 9.10. The lowest BCUT2D eigenvalue weighted by molar-refractivity contribution is 0.0912. The van der Waals surface area contributed by atoms with E-state index in [9.17, 15) is 4.79 Å². The molecule has 5 heteroatoms. The van der Waals surface area contributed by atoms with Gasteiger partial charge >= 0.3 is 0 Å². The topological polar surface area (TPSA) is 55.1 Å². The fraction of sp³-hybridized carbons (Fsp3) is 0.188. The molecular weight excluding hydrogens is 352 g/mol. The van der Waals surface area contributed by atoms with E-state index in [0.29, 0.717) is 16.3 Å². The maximum Gasteiger partial charge on any atom is 0.252 e. The van der Waals surface area contributed by atoms with Crippen LogP contribution in [0.3, 0.4) is 0 Å². The van der Waals surface area contributed by atoms with Crippen molar-refractivity contribution in [3.63, 3.8) is 0 Å². The molecule has 0 saturated heterocycles. The van der Waals surface area contributed by atoms with Gasteiger partial charge in [-0.25, -0.2) is 0 Å². The number of carbonyl (C=O) groups excluding carboxylic acids is 1. The van der Waals surface area contributed by atoms with Crippen molar-refractivity contribution in [3.05, 3.63) is 63.1 Å². The van der Waals surface area contributed by atoms with Gasteiger partial charge in [0.2, 0.25) is 0 Å². The van der Waals surface area contributed by atoms with Gasteiger partial charge in [-0.15, -0.1) is 0 Å². The summed E-state index contributed by atoms with van der Waals surface area (Å²) in [7, 11) is 0. The molecule has 1 amide bonds. The highest BCUT2D eigenvalue weighted by Crippen LogP contribution is 2.23. The number of nitrogens with one attached hydrogen (secondary N) is 1. The zero-order valence-electron chi connectivity index (χ0n) is 11.8. The van der Waals surface area contributed by atoms with Gasteiger partial charge in [0.15, 0.2) is 0 Å². The first kappa shape index (κ1) is 15.9. The molecule has 0 bridgehead atoms. The van der Waals surface area contributed by atoms with Crippen LogP contribution in [-0.4, -0.2) is 5.91 Å². The Morgan fingerprint density at radius 3 is 2.38 bits per heavy atom. The molecule has 3 nitrogen and oxygen atoms in total. The Bertz CT molecular complexity index is 648. The molecule has 0 aromatic heterocycles. The molecule has 2 aromatic carbocycles. The minimum Gasteiger partial charge on any atom is -0.399 e. The summed E-state index contributed by atoms with van der Waals surface area (Å²) in [5.74, 6) is -0.211. The number of amides is 1. The lowest BCUT2D eigenvalue weighted by Crippen LogP contribution is -2.41. The fourth-order valence-electron chi connectivity index (χ4n) is 2.04. The Kier molecular flexibility index (Phi) is 4.59. The van der Waals surface area contributed by atoms with E-state index in [1.807, 2.05) is 38.1 Å². The van der Waals surface area contributed by atoms with Gasteiger partial charge in [0.05, 0.1) is 5.54 Å². The molecule has 3 N–H and O–H groups in total. The smallest absolute Gasteiger partial charge is 0.252 e. The highest BCUT2D eigenvalue weighted by atomic mass is 79.9. The van der Waals surface area contributed by atoms with Crippen LogP contribution >= 0.6 is 27.5 Å². The Hall–Kier alpha value is -1.52. The van der Waals surface area contributed by atoms with E-state index in [0.717, 1.165) is 10.0 Å². The average molecular weight is 368 g/mol. The standard InChI is InChI=1S/C16H16BrClN2O/c1-16(2,11-3-5-12(17)6-4-11)20-15(21)10-7-13(18)9-14(19)8-10/h3-9H,19H2,1-2H3,(H,20,21). The molecule has 0 heterocycles. The SMILES string of the molecule is CC(C)(NC(=O)c1cc(N)cc(Cl)c1)c1ccc(Br)cc1. The van der Waals surface area contributed by atoms with Crippen LogP contribution < -0.4 is 11.1 Å². The molecule has 0 fully saturated rings. The van der Waals surface area contributed by atoms with Gasteiger partial charge in [-0.3, -0.25) is 4.79 Å². The summed E-state index contributed by atoms with van der Waals surface area (Å²) in [6, 6.07) is 12.6. The normalized spacial score (nSPS) is 11.2. The van der Waals surface area contributed by atoms with Crippen molar-refractivity contribution in [1.29, 1.82) is 0 Å². The number of carbonyl (C=O) groups is 1. The third-order valence-electron chi connectivity index (χ3n) is 3.17. The van der Waals surface area contributed by atoms with Crippen LogP contribution in [0, 0.1) is 0 Å². The van der Waals surface area contributed by atoms with E-state index in [2.05, 4.69) is 21.2 Å². The number of hydrogen-bond acceptors (Lipinski definition) is 2. The number of benzene rings is 2. The molecule has 0 aliphatic heterocycles. The predicted molar refractivity (Wildman–Crippen MR) is 90.5 cm³/mol. The maximum atomic E-state index is 12.4. The van der Waals surface area contributed by atoms with Gasteiger partial charge < -0.3 is 11.1 Å². The Morgan fingerprint density at radius 1 is 1.19 bits per heavy atom. The molecule has 0 atom stereocenters. The Balaban J connectivity index is 2.23. The molecule has 0 aliphatic carbocycles. The number of hydrogen-bond donors (Lipinski definition) is 2. The Morgan fingerprint density at radius 2 is 1.81 bits per heavy atom. The second kappa shape index (κ2) is 6.08. The van der Waals surface area contributed by atoms with E-state index < -0.39 is 5.54 Å². The summed E-state index contributed by atoms with van der Waals surface area (Å²) in [4.78, 5) is 12.4. The first-order chi connectivity index (χ1) is 9.78. The summed E-state index contributed by atoms with van der Waals surface area (Å²) < 4.78 is 0.996. The minimum absolute atomic E-state index is 0.211. The van der Waals surface area contributed by atoms with Crippen LogP contribution in [0.25, 0.3) is 0 Å². The summed E-state index contributed by atoms with van der Waals surface area (Å²) in [5.41, 5.74) is 7.14. The van der Waals surface area contributed by atoms with E-state index in [1.165, 1.54) is 0 Å². The number of nitrogens with two attached hydrogens (primary N) is 1. The number of anilines is 1. The van der Waals surface area contributed by atoms with Crippen molar-refractivity contribution < 1.29 is 4.79 Å². The average Bonchev–Trinajstić information content (AvgIpc) is 2.37. The number of halogens is 2. The van der Waals surface area contributed by atoms with Crippen molar-refractivity contribution in [3.8, 4) is 0 Å². The zero-order chi connectivity index (χ0) is 15.6. The molecule has 0 spiro atoms. The first-order valence-electron chi connectivity index (χ1n) is 6.42. The second-order valence-corrected chi connectivity index (χ2v) is 6.71. The molecule has 2 rings (SSSR count). The fourth-order valence-corrected chi connectivity index (χ4v) is 2.55. The second-order valence-electron chi connectivity index (χ2n) is 5.36. The number of rotatable bonds is 3. The van der Waals surface area contributed by atoms with Crippen molar-refractivity contribution in [2.24, 2.45) is 0 Å². The monoisotopic (exact) mass is 366 g/mol. The van der Waals surface area contributed by atoms with E-state index in [-0.39, 0.29) is 5.91 Å². The molecule has 0 radical (unpaired) electrons. The minimum atomic E-state index is -0.505. The van der Waals surface area contributed by atoms with Crippen LogP contribution in [0.5, 0.6) is 0 Å². The van der Waals surface area contributed by atoms with Gasteiger partial charge in [-0.2, -0.15) is 0 Å². The van der Waals surface area contributed by atoms with Crippen LogP contribution in [0.1, 0.15) is 29.8 Å². The summed E-state index contributed by atoms with van der Waals surface area (Å²) in [5, 5.41) is 3.44. The molecule has 0 saturated carbocycles. The summed E-state index contributed by atoms with van der Waals surface area (Å²) in [6.45, 7) is 3.89. The van der Waals surface area contributed by atoms with Crippen molar-refractivity contribution >= 4 is 39.1 Å². The molecule has 0 aliphatic rings. The molecule has 2 aromatic rings. The van der Waals surface area contributed by atoms with Crippen LogP contribution in [0.4, 0.5) is 5.69 Å². The van der Waals surface area contributed by atoms with Gasteiger partial charge in [-0.1, -0.05) is 39.7 Å². The van der Waals surface area contributed by atoms with Crippen LogP contribution in [0.15, 0.2) is 46.9 Å².